The van der Waals surface area contributed by atoms with Crippen molar-refractivity contribution in [2.24, 2.45) is 0 Å². The van der Waals surface area contributed by atoms with Crippen LogP contribution in [0.5, 0.6) is 0 Å². The molecule has 9 nitrogen and oxygen atoms in total. The van der Waals surface area contributed by atoms with Gasteiger partial charge < -0.3 is 14.2 Å². The molecule has 0 N–H and O–H groups in total. The molecule has 29 heavy (non-hydrogen) atoms. The summed E-state index contributed by atoms with van der Waals surface area (Å²) in [4.78, 5) is 31.3. The Hall–Kier alpha value is -3.20. The number of carbonyl (C=O) groups is 1. The molecule has 0 aliphatic carbocycles. The van der Waals surface area contributed by atoms with Crippen molar-refractivity contribution in [2.75, 3.05) is 26.8 Å². The third kappa shape index (κ3) is 4.00. The standard InChI is InChI=1S/C20H22N6O3/c1-28-13-7-20(19-24-17(29-25-19)15-4-2-8-21-14-15)5-11-26(12-6-20)18(27)16-22-9-3-10-23-16/h2-4,8-10,14H,5-7,11-13H2,1H3. The van der Waals surface area contributed by atoms with Crippen LogP contribution in [0, 0.1) is 0 Å². The third-order valence-corrected chi connectivity index (χ3v) is 5.36. The van der Waals surface area contributed by atoms with Crippen LogP contribution in [0.2, 0.25) is 0 Å². The molecule has 3 aromatic rings. The lowest BCUT2D eigenvalue weighted by atomic mass is 9.75. The second-order valence-corrected chi connectivity index (χ2v) is 7.05. The van der Waals surface area contributed by atoms with Gasteiger partial charge in [-0.3, -0.25) is 9.78 Å². The molecule has 0 radical (unpaired) electrons. The van der Waals surface area contributed by atoms with Crippen LogP contribution in [0.1, 0.15) is 35.7 Å². The fourth-order valence-electron chi connectivity index (χ4n) is 3.62. The maximum Gasteiger partial charge on any atom is 0.291 e. The van der Waals surface area contributed by atoms with Crippen LogP contribution in [-0.2, 0) is 10.2 Å². The SMILES string of the molecule is COCCC1(c2noc(-c3cccnc3)n2)CCN(C(=O)c2ncccn2)CC1. The van der Waals surface area contributed by atoms with Crippen LogP contribution in [0.15, 0.2) is 47.5 Å². The number of hydrogen-bond acceptors (Lipinski definition) is 8. The summed E-state index contributed by atoms with van der Waals surface area (Å²) in [7, 11) is 1.68. The van der Waals surface area contributed by atoms with Gasteiger partial charge in [-0.2, -0.15) is 4.98 Å². The van der Waals surface area contributed by atoms with Gasteiger partial charge in [0.2, 0.25) is 5.82 Å². The average Bonchev–Trinajstić information content (AvgIpc) is 3.30. The van der Waals surface area contributed by atoms with E-state index in [2.05, 4.69) is 25.1 Å². The highest BCUT2D eigenvalue weighted by Crippen LogP contribution is 2.38. The lowest BCUT2D eigenvalue weighted by molar-refractivity contribution is 0.0604. The molecule has 0 aromatic carbocycles. The number of methoxy groups -OCH3 is 1. The second-order valence-electron chi connectivity index (χ2n) is 7.05. The van der Waals surface area contributed by atoms with Crippen LogP contribution in [-0.4, -0.2) is 62.7 Å². The van der Waals surface area contributed by atoms with Crippen molar-refractivity contribution in [2.45, 2.75) is 24.7 Å². The second kappa shape index (κ2) is 8.44. The molecule has 1 saturated heterocycles. The van der Waals surface area contributed by atoms with Gasteiger partial charge in [-0.05, 0) is 37.5 Å². The topological polar surface area (TPSA) is 107 Å². The Morgan fingerprint density at radius 3 is 2.69 bits per heavy atom. The normalized spacial score (nSPS) is 16.0. The molecule has 0 spiro atoms. The van der Waals surface area contributed by atoms with Gasteiger partial charge >= 0.3 is 0 Å². The zero-order valence-corrected chi connectivity index (χ0v) is 16.2. The van der Waals surface area contributed by atoms with Crippen LogP contribution in [0.4, 0.5) is 0 Å². The van der Waals surface area contributed by atoms with Crippen LogP contribution < -0.4 is 0 Å². The Labute approximate surface area is 168 Å². The van der Waals surface area contributed by atoms with Gasteiger partial charge in [0.25, 0.3) is 11.8 Å². The number of nitrogens with zero attached hydrogens (tertiary/aromatic N) is 6. The summed E-state index contributed by atoms with van der Waals surface area (Å²) in [5, 5.41) is 4.27. The van der Waals surface area contributed by atoms with Crippen LogP contribution in [0.25, 0.3) is 11.5 Å². The molecule has 0 atom stereocenters. The zero-order chi connectivity index (χ0) is 20.1. The molecule has 4 rings (SSSR count). The molecule has 4 heterocycles. The van der Waals surface area contributed by atoms with E-state index >= 15 is 0 Å². The van der Waals surface area contributed by atoms with E-state index in [1.165, 1.54) is 0 Å². The van der Waals surface area contributed by atoms with Crippen molar-refractivity contribution in [3.63, 3.8) is 0 Å². The number of piperidine rings is 1. The van der Waals surface area contributed by atoms with Crippen molar-refractivity contribution >= 4 is 5.91 Å². The van der Waals surface area contributed by atoms with Gasteiger partial charge in [0, 0.05) is 57.0 Å². The predicted molar refractivity (Wildman–Crippen MR) is 103 cm³/mol. The van der Waals surface area contributed by atoms with E-state index in [-0.39, 0.29) is 17.1 Å². The number of hydrogen-bond donors (Lipinski definition) is 0. The highest BCUT2D eigenvalue weighted by molar-refractivity contribution is 5.90. The molecular weight excluding hydrogens is 372 g/mol. The zero-order valence-electron chi connectivity index (χ0n) is 16.2. The Balaban J connectivity index is 1.53. The van der Waals surface area contributed by atoms with E-state index in [1.807, 2.05) is 12.1 Å². The van der Waals surface area contributed by atoms with Gasteiger partial charge in [-0.25, -0.2) is 9.97 Å². The summed E-state index contributed by atoms with van der Waals surface area (Å²) >= 11 is 0. The minimum Gasteiger partial charge on any atom is -0.385 e. The molecule has 0 bridgehead atoms. The number of amides is 1. The fraction of sp³-hybridized carbons (Fsp3) is 0.400. The molecular formula is C20H22N6O3. The largest absolute Gasteiger partial charge is 0.385 e. The average molecular weight is 394 g/mol. The molecule has 1 aliphatic rings. The van der Waals surface area contributed by atoms with Crippen LogP contribution >= 0.6 is 0 Å². The number of aromatic nitrogens is 5. The van der Waals surface area contributed by atoms with Crippen molar-refractivity contribution in [1.82, 2.24) is 30.0 Å². The smallest absolute Gasteiger partial charge is 0.291 e. The van der Waals surface area contributed by atoms with Crippen molar-refractivity contribution in [1.29, 1.82) is 0 Å². The first-order valence-electron chi connectivity index (χ1n) is 9.52. The van der Waals surface area contributed by atoms with Crippen molar-refractivity contribution in [3.05, 3.63) is 54.6 Å². The quantitative estimate of drug-likeness (QED) is 0.626. The van der Waals surface area contributed by atoms with Gasteiger partial charge in [-0.1, -0.05) is 5.16 Å². The monoisotopic (exact) mass is 394 g/mol. The minimum absolute atomic E-state index is 0.157. The van der Waals surface area contributed by atoms with E-state index in [0.717, 1.165) is 12.0 Å². The first kappa shape index (κ1) is 19.1. The molecule has 0 saturated carbocycles. The van der Waals surface area contributed by atoms with E-state index < -0.39 is 0 Å². The van der Waals surface area contributed by atoms with Gasteiger partial charge in [-0.15, -0.1) is 0 Å². The molecule has 9 heteroatoms. The first-order chi connectivity index (χ1) is 14.2. The van der Waals surface area contributed by atoms with Gasteiger partial charge in [0.05, 0.1) is 5.56 Å². The molecule has 150 valence electrons. The van der Waals surface area contributed by atoms with E-state index in [1.54, 1.807) is 42.9 Å². The number of likely N-dealkylation sites (tertiary alicyclic amines) is 1. The lowest BCUT2D eigenvalue weighted by Crippen LogP contribution is -2.46. The van der Waals surface area contributed by atoms with E-state index in [9.17, 15) is 4.79 Å². The summed E-state index contributed by atoms with van der Waals surface area (Å²) in [6, 6.07) is 5.40. The highest BCUT2D eigenvalue weighted by Gasteiger charge is 2.41. The van der Waals surface area contributed by atoms with E-state index in [4.69, 9.17) is 9.26 Å². The van der Waals surface area contributed by atoms with Gasteiger partial charge in [0.1, 0.15) is 0 Å². The molecule has 1 amide bonds. The maximum atomic E-state index is 12.7. The molecule has 1 aliphatic heterocycles. The van der Waals surface area contributed by atoms with E-state index in [0.29, 0.717) is 44.3 Å². The summed E-state index contributed by atoms with van der Waals surface area (Å²) in [5.41, 5.74) is 0.468. The minimum atomic E-state index is -0.311. The Morgan fingerprint density at radius 2 is 2.00 bits per heavy atom. The van der Waals surface area contributed by atoms with Gasteiger partial charge in [0.15, 0.2) is 5.82 Å². The van der Waals surface area contributed by atoms with Crippen LogP contribution in [0.3, 0.4) is 0 Å². The van der Waals surface area contributed by atoms with Crippen molar-refractivity contribution < 1.29 is 14.1 Å². The Kier molecular flexibility index (Phi) is 5.57. The molecule has 3 aromatic heterocycles. The number of ether oxygens (including phenoxy) is 1. The summed E-state index contributed by atoms with van der Waals surface area (Å²) < 4.78 is 10.8. The lowest BCUT2D eigenvalue weighted by Gasteiger charge is -2.39. The summed E-state index contributed by atoms with van der Waals surface area (Å²) in [6.45, 7) is 1.71. The molecule has 0 unspecified atom stereocenters. The predicted octanol–water partition coefficient (Wildman–Crippen LogP) is 2.13. The maximum absolute atomic E-state index is 12.7. The third-order valence-electron chi connectivity index (χ3n) is 5.36. The number of rotatable bonds is 6. The Morgan fingerprint density at radius 1 is 1.21 bits per heavy atom. The number of carbonyl (C=O) groups excluding carboxylic acids is 1. The fourth-order valence-corrected chi connectivity index (χ4v) is 3.62. The summed E-state index contributed by atoms with van der Waals surface area (Å²) in [6.07, 6.45) is 8.71. The first-order valence-corrected chi connectivity index (χ1v) is 9.52. The van der Waals surface area contributed by atoms with Crippen molar-refractivity contribution in [3.8, 4) is 11.5 Å². The Bertz CT molecular complexity index is 939. The highest BCUT2D eigenvalue weighted by atomic mass is 16.5. The number of pyridine rings is 1. The summed E-state index contributed by atoms with van der Waals surface area (Å²) in [5.74, 6) is 1.16. The molecule has 1 fully saturated rings.